The Morgan fingerprint density at radius 2 is 2.47 bits per heavy atom. The lowest BCUT2D eigenvalue weighted by molar-refractivity contribution is -0.530. The van der Waals surface area contributed by atoms with Gasteiger partial charge in [0.15, 0.2) is 10.2 Å². The molecule has 2 amide bonds. The minimum atomic E-state index is -0.952. The molecule has 1 unspecified atom stereocenters. The molecule has 17 heavy (non-hydrogen) atoms. The third-order valence-corrected chi connectivity index (χ3v) is 2.85. The predicted octanol–water partition coefficient (Wildman–Crippen LogP) is -0.542. The highest BCUT2D eigenvalue weighted by molar-refractivity contribution is 8.15. The van der Waals surface area contributed by atoms with Crippen molar-refractivity contribution < 1.29 is 14.6 Å². The molecule has 2 N–H and O–H groups in total. The number of nitrogens with zero attached hydrogens (tertiary/aromatic N) is 2. The first-order valence-corrected chi connectivity index (χ1v) is 5.47. The lowest BCUT2D eigenvalue weighted by atomic mass is 10.3. The summed E-state index contributed by atoms with van der Waals surface area (Å²) in [7, 11) is 0. The summed E-state index contributed by atoms with van der Waals surface area (Å²) in [5, 5.41) is 11.2. The second-order valence-electron chi connectivity index (χ2n) is 3.03. The zero-order chi connectivity index (χ0) is 12.8. The summed E-state index contributed by atoms with van der Waals surface area (Å²) in [5.74, 6) is -1.19. The SMILES string of the molecule is C=CCN=C1NC(=O)C(CC(=O)N[N+](=O)[O-])S1. The maximum absolute atomic E-state index is 11.4. The second-order valence-corrected chi connectivity index (χ2v) is 4.22. The fourth-order valence-electron chi connectivity index (χ4n) is 1.08. The Morgan fingerprint density at radius 3 is 3.06 bits per heavy atom. The lowest BCUT2D eigenvalue weighted by Crippen LogP contribution is -2.34. The van der Waals surface area contributed by atoms with Gasteiger partial charge in [0.25, 0.3) is 5.91 Å². The Hall–Kier alpha value is -1.90. The van der Waals surface area contributed by atoms with Gasteiger partial charge in [-0.15, -0.1) is 6.58 Å². The monoisotopic (exact) mass is 258 g/mol. The van der Waals surface area contributed by atoms with E-state index >= 15 is 0 Å². The van der Waals surface area contributed by atoms with E-state index in [1.807, 2.05) is 0 Å². The van der Waals surface area contributed by atoms with Crippen molar-refractivity contribution in [3.05, 3.63) is 22.8 Å². The van der Waals surface area contributed by atoms with Crippen molar-refractivity contribution in [3.63, 3.8) is 0 Å². The van der Waals surface area contributed by atoms with Gasteiger partial charge in [0, 0.05) is 0 Å². The van der Waals surface area contributed by atoms with E-state index in [1.165, 1.54) is 5.43 Å². The van der Waals surface area contributed by atoms with Crippen molar-refractivity contribution in [3.8, 4) is 0 Å². The molecule has 0 aliphatic carbocycles. The minimum Gasteiger partial charge on any atom is -0.304 e. The van der Waals surface area contributed by atoms with Crippen LogP contribution in [0.2, 0.25) is 0 Å². The van der Waals surface area contributed by atoms with Gasteiger partial charge in [-0.2, -0.15) is 0 Å². The minimum absolute atomic E-state index is 0.259. The molecule has 0 spiro atoms. The molecular formula is C8H10N4O4S. The van der Waals surface area contributed by atoms with Crippen molar-refractivity contribution in [1.82, 2.24) is 10.7 Å². The van der Waals surface area contributed by atoms with Crippen LogP contribution in [0.25, 0.3) is 0 Å². The number of rotatable bonds is 5. The summed E-state index contributed by atoms with van der Waals surface area (Å²) in [6.45, 7) is 3.83. The Morgan fingerprint density at radius 1 is 1.76 bits per heavy atom. The van der Waals surface area contributed by atoms with Gasteiger partial charge in [0.1, 0.15) is 5.25 Å². The zero-order valence-electron chi connectivity index (χ0n) is 8.71. The summed E-state index contributed by atoms with van der Waals surface area (Å²) < 4.78 is 0. The number of hydrazine groups is 1. The first-order valence-electron chi connectivity index (χ1n) is 4.59. The number of aliphatic imine (C=N–C) groups is 1. The molecule has 1 aliphatic heterocycles. The van der Waals surface area contributed by atoms with Crippen LogP contribution in [0.3, 0.4) is 0 Å². The lowest BCUT2D eigenvalue weighted by Gasteiger charge is -2.01. The molecule has 92 valence electrons. The van der Waals surface area contributed by atoms with Crippen molar-refractivity contribution in [2.24, 2.45) is 4.99 Å². The Labute approximate surface area is 101 Å². The number of hydrogen-bond acceptors (Lipinski definition) is 6. The quantitative estimate of drug-likeness (QED) is 0.390. The van der Waals surface area contributed by atoms with Gasteiger partial charge in [-0.25, -0.2) is 10.1 Å². The van der Waals surface area contributed by atoms with Gasteiger partial charge in [-0.05, 0) is 0 Å². The molecule has 1 aliphatic rings. The van der Waals surface area contributed by atoms with E-state index in [9.17, 15) is 19.7 Å². The predicted molar refractivity (Wildman–Crippen MR) is 61.8 cm³/mol. The number of carbonyl (C=O) groups is 2. The molecule has 0 aromatic heterocycles. The fourth-order valence-corrected chi connectivity index (χ4v) is 2.06. The second kappa shape index (κ2) is 5.99. The summed E-state index contributed by atoms with van der Waals surface area (Å²) in [4.78, 5) is 36.4. The Kier molecular flexibility index (Phi) is 4.64. The van der Waals surface area contributed by atoms with Crippen molar-refractivity contribution in [2.45, 2.75) is 11.7 Å². The molecule has 0 saturated carbocycles. The summed E-state index contributed by atoms with van der Waals surface area (Å²) in [6.07, 6.45) is 1.30. The molecule has 0 bridgehead atoms. The van der Waals surface area contributed by atoms with Crippen LogP contribution in [-0.4, -0.2) is 33.8 Å². The van der Waals surface area contributed by atoms with E-state index in [2.05, 4.69) is 16.9 Å². The Balaban J connectivity index is 2.51. The molecule has 9 heteroatoms. The van der Waals surface area contributed by atoms with Crippen LogP contribution in [0.5, 0.6) is 0 Å². The number of thioether (sulfide) groups is 1. The summed E-state index contributed by atoms with van der Waals surface area (Å²) in [6, 6.07) is 0. The molecule has 1 atom stereocenters. The molecule has 0 aromatic carbocycles. The van der Waals surface area contributed by atoms with E-state index in [-0.39, 0.29) is 12.3 Å². The van der Waals surface area contributed by atoms with Gasteiger partial charge in [0.2, 0.25) is 5.91 Å². The normalized spacial score (nSPS) is 21.1. The van der Waals surface area contributed by atoms with Crippen LogP contribution >= 0.6 is 11.8 Å². The maximum Gasteiger partial charge on any atom is 0.282 e. The highest BCUT2D eigenvalue weighted by atomic mass is 32.2. The van der Waals surface area contributed by atoms with Gasteiger partial charge in [-0.1, -0.05) is 23.3 Å². The number of nitrogens with one attached hydrogen (secondary N) is 2. The van der Waals surface area contributed by atoms with Crippen LogP contribution in [-0.2, 0) is 9.59 Å². The summed E-state index contributed by atoms with van der Waals surface area (Å²) in [5.41, 5.74) is 1.48. The number of amidine groups is 1. The smallest absolute Gasteiger partial charge is 0.282 e. The average Bonchev–Trinajstić information content (AvgIpc) is 2.55. The molecule has 8 nitrogen and oxygen atoms in total. The number of nitro groups is 1. The highest BCUT2D eigenvalue weighted by Gasteiger charge is 2.32. The van der Waals surface area contributed by atoms with Gasteiger partial charge in [-0.3, -0.25) is 14.6 Å². The molecule has 1 saturated heterocycles. The highest BCUT2D eigenvalue weighted by Crippen LogP contribution is 2.22. The molecule has 1 heterocycles. The molecular weight excluding hydrogens is 248 g/mol. The Bertz CT molecular complexity index is 395. The topological polar surface area (TPSA) is 114 Å². The van der Waals surface area contributed by atoms with Crippen LogP contribution in [0.4, 0.5) is 0 Å². The van der Waals surface area contributed by atoms with Crippen molar-refractivity contribution in [1.29, 1.82) is 0 Å². The first-order chi connectivity index (χ1) is 8.02. The average molecular weight is 258 g/mol. The van der Waals surface area contributed by atoms with E-state index in [4.69, 9.17) is 0 Å². The number of amides is 2. The first kappa shape index (κ1) is 13.2. The number of hydrogen-bond donors (Lipinski definition) is 2. The van der Waals surface area contributed by atoms with Crippen molar-refractivity contribution in [2.75, 3.05) is 6.54 Å². The van der Waals surface area contributed by atoms with Crippen LogP contribution in [0, 0.1) is 10.1 Å². The van der Waals surface area contributed by atoms with Crippen LogP contribution in [0.15, 0.2) is 17.6 Å². The fraction of sp³-hybridized carbons (Fsp3) is 0.375. The molecule has 1 rings (SSSR count). The van der Waals surface area contributed by atoms with E-state index < -0.39 is 16.2 Å². The maximum atomic E-state index is 11.4. The summed E-state index contributed by atoms with van der Waals surface area (Å²) >= 11 is 1.07. The zero-order valence-corrected chi connectivity index (χ0v) is 9.53. The van der Waals surface area contributed by atoms with Gasteiger partial charge >= 0.3 is 0 Å². The molecule has 1 fully saturated rings. The van der Waals surface area contributed by atoms with E-state index in [0.717, 1.165) is 11.8 Å². The largest absolute Gasteiger partial charge is 0.304 e. The third kappa shape index (κ3) is 4.23. The van der Waals surface area contributed by atoms with Crippen molar-refractivity contribution >= 4 is 28.7 Å². The van der Waals surface area contributed by atoms with E-state index in [0.29, 0.717) is 11.7 Å². The van der Waals surface area contributed by atoms with Gasteiger partial charge < -0.3 is 5.32 Å². The van der Waals surface area contributed by atoms with E-state index in [1.54, 1.807) is 6.08 Å². The van der Waals surface area contributed by atoms with Gasteiger partial charge in [0.05, 0.1) is 13.0 Å². The standard InChI is InChI=1S/C8H10N4O4S/c1-2-3-9-8-10-7(14)5(17-8)4-6(13)11-12(15)16/h2,5H,1,3-4H2,(H,11,13)(H,9,10,14). The molecule has 0 radical (unpaired) electrons. The van der Waals surface area contributed by atoms with Crippen LogP contribution < -0.4 is 10.7 Å². The number of carbonyl (C=O) groups excluding carboxylic acids is 2. The molecule has 0 aromatic rings. The van der Waals surface area contributed by atoms with Crippen LogP contribution in [0.1, 0.15) is 6.42 Å². The third-order valence-electron chi connectivity index (χ3n) is 1.73.